The summed E-state index contributed by atoms with van der Waals surface area (Å²) in [7, 11) is -1.49. The van der Waals surface area contributed by atoms with Gasteiger partial charge in [0, 0.05) is 10.9 Å². The Labute approximate surface area is 123 Å². The summed E-state index contributed by atoms with van der Waals surface area (Å²) in [5, 5.41) is 5.37. The first-order chi connectivity index (χ1) is 9.50. The molecule has 0 spiro atoms. The van der Waals surface area contributed by atoms with Crippen LogP contribution in [-0.2, 0) is 19.4 Å². The average Bonchev–Trinajstić information content (AvgIpc) is 2.94. The fraction of sp³-hybridized carbons (Fsp3) is 0.615. The lowest BCUT2D eigenvalue weighted by molar-refractivity contribution is -0.141. The third kappa shape index (κ3) is 4.29. The minimum absolute atomic E-state index is 0.103. The van der Waals surface area contributed by atoms with Gasteiger partial charge in [0.05, 0.1) is 31.1 Å². The van der Waals surface area contributed by atoms with Crippen LogP contribution in [0.4, 0.5) is 0 Å². The Morgan fingerprint density at radius 2 is 2.20 bits per heavy atom. The van der Waals surface area contributed by atoms with Gasteiger partial charge in [0.25, 0.3) is 0 Å². The van der Waals surface area contributed by atoms with Gasteiger partial charge in [-0.15, -0.1) is 11.3 Å². The minimum Gasteiger partial charge on any atom is -0.469 e. The van der Waals surface area contributed by atoms with Crippen LogP contribution in [0.25, 0.3) is 0 Å². The lowest BCUT2D eigenvalue weighted by Gasteiger charge is -2.27. The zero-order valence-electron chi connectivity index (χ0n) is 11.4. The van der Waals surface area contributed by atoms with E-state index in [0.29, 0.717) is 12.8 Å². The largest absolute Gasteiger partial charge is 0.469 e. The Bertz CT molecular complexity index is 525. The second kappa shape index (κ2) is 6.69. The molecule has 1 atom stereocenters. The predicted molar refractivity (Wildman–Crippen MR) is 78.5 cm³/mol. The Balaban J connectivity index is 1.99. The van der Waals surface area contributed by atoms with E-state index < -0.39 is 9.84 Å². The Morgan fingerprint density at radius 3 is 2.75 bits per heavy atom. The van der Waals surface area contributed by atoms with E-state index in [1.54, 1.807) is 11.3 Å². The van der Waals surface area contributed by atoms with Crippen LogP contribution in [-0.4, -0.2) is 39.0 Å². The first-order valence-corrected chi connectivity index (χ1v) is 9.27. The number of esters is 1. The number of thiophene rings is 1. The van der Waals surface area contributed by atoms with Gasteiger partial charge < -0.3 is 10.1 Å². The molecule has 1 fully saturated rings. The molecule has 1 aliphatic rings. The molecular formula is C13H19NO4S2. The van der Waals surface area contributed by atoms with Crippen molar-refractivity contribution in [3.05, 3.63) is 22.4 Å². The molecule has 20 heavy (non-hydrogen) atoms. The minimum atomic E-state index is -2.86. The van der Waals surface area contributed by atoms with E-state index in [-0.39, 0.29) is 36.0 Å². The molecule has 0 saturated carbocycles. The van der Waals surface area contributed by atoms with Gasteiger partial charge in [0.15, 0.2) is 0 Å². The van der Waals surface area contributed by atoms with Gasteiger partial charge in [0.2, 0.25) is 0 Å². The first-order valence-electron chi connectivity index (χ1n) is 6.57. The van der Waals surface area contributed by atoms with Crippen LogP contribution in [0.3, 0.4) is 0 Å². The second-order valence-corrected chi connectivity index (χ2v) is 8.22. The summed E-state index contributed by atoms with van der Waals surface area (Å²) in [6.07, 6.45) is 1.47. The van der Waals surface area contributed by atoms with Crippen LogP contribution < -0.4 is 5.32 Å². The van der Waals surface area contributed by atoms with Crippen LogP contribution in [0, 0.1) is 0 Å². The fourth-order valence-corrected chi connectivity index (χ4v) is 4.60. The fourth-order valence-electron chi connectivity index (χ4n) is 2.32. The number of rotatable bonds is 5. The zero-order valence-corrected chi connectivity index (χ0v) is 13.0. The molecular weight excluding hydrogens is 298 g/mol. The van der Waals surface area contributed by atoms with Gasteiger partial charge in [0.1, 0.15) is 9.84 Å². The second-order valence-electron chi connectivity index (χ2n) is 4.94. The molecule has 0 bridgehead atoms. The number of methoxy groups -OCH3 is 1. The molecule has 2 heterocycles. The van der Waals surface area contributed by atoms with Gasteiger partial charge in [-0.05, 0) is 24.3 Å². The van der Waals surface area contributed by atoms with Gasteiger partial charge in [-0.25, -0.2) is 8.42 Å². The number of hydrogen-bond acceptors (Lipinski definition) is 6. The van der Waals surface area contributed by atoms with Crippen molar-refractivity contribution in [2.75, 3.05) is 18.6 Å². The Morgan fingerprint density at radius 1 is 1.50 bits per heavy atom. The number of carbonyl (C=O) groups is 1. The maximum atomic E-state index is 11.5. The van der Waals surface area contributed by atoms with Crippen molar-refractivity contribution >= 4 is 27.1 Å². The van der Waals surface area contributed by atoms with Crippen molar-refractivity contribution in [1.82, 2.24) is 5.32 Å². The molecule has 2 rings (SSSR count). The third-order valence-electron chi connectivity index (χ3n) is 3.48. The molecule has 1 aliphatic heterocycles. The van der Waals surface area contributed by atoms with Gasteiger partial charge in [-0.1, -0.05) is 6.07 Å². The maximum Gasteiger partial charge on any atom is 0.307 e. The van der Waals surface area contributed by atoms with Crippen LogP contribution >= 0.6 is 11.3 Å². The summed E-state index contributed by atoms with van der Waals surface area (Å²) in [6, 6.07) is 3.95. The van der Waals surface area contributed by atoms with Crippen molar-refractivity contribution in [1.29, 1.82) is 0 Å². The first kappa shape index (κ1) is 15.5. The smallest absolute Gasteiger partial charge is 0.307 e. The summed E-state index contributed by atoms with van der Waals surface area (Å²) < 4.78 is 27.6. The van der Waals surface area contributed by atoms with Crippen molar-refractivity contribution in [3.63, 3.8) is 0 Å². The van der Waals surface area contributed by atoms with E-state index in [1.165, 1.54) is 7.11 Å². The lowest BCUT2D eigenvalue weighted by atomic mass is 10.1. The van der Waals surface area contributed by atoms with Crippen molar-refractivity contribution in [2.45, 2.75) is 31.3 Å². The van der Waals surface area contributed by atoms with Crippen LogP contribution in [0.5, 0.6) is 0 Å². The maximum absolute atomic E-state index is 11.5. The normalized spacial score (nSPS) is 20.4. The van der Waals surface area contributed by atoms with Crippen LogP contribution in [0.1, 0.15) is 30.2 Å². The standard InChI is InChI=1S/C13H19NO4S2/c1-18-13(15)9-11(12-3-2-6-19-12)14-10-4-7-20(16,17)8-5-10/h2-3,6,10-11,14H,4-5,7-9H2,1H3. The van der Waals surface area contributed by atoms with Crippen molar-refractivity contribution < 1.29 is 17.9 Å². The summed E-state index contributed by atoms with van der Waals surface area (Å²) >= 11 is 1.58. The van der Waals surface area contributed by atoms with E-state index in [4.69, 9.17) is 4.74 Å². The number of hydrogen-bond donors (Lipinski definition) is 1. The molecule has 1 N–H and O–H groups in total. The molecule has 0 radical (unpaired) electrons. The molecule has 5 nitrogen and oxygen atoms in total. The highest BCUT2D eigenvalue weighted by molar-refractivity contribution is 7.91. The van der Waals surface area contributed by atoms with E-state index in [0.717, 1.165) is 4.88 Å². The Kier molecular flexibility index (Phi) is 5.17. The van der Waals surface area contributed by atoms with Crippen LogP contribution in [0.2, 0.25) is 0 Å². The summed E-state index contributed by atoms with van der Waals surface area (Å²) in [6.45, 7) is 0. The average molecular weight is 317 g/mol. The molecule has 1 unspecified atom stereocenters. The number of carbonyl (C=O) groups excluding carboxylic acids is 1. The SMILES string of the molecule is COC(=O)CC(NC1CCS(=O)(=O)CC1)c1cccs1. The van der Waals surface area contributed by atoms with E-state index in [2.05, 4.69) is 5.32 Å². The van der Waals surface area contributed by atoms with Crippen molar-refractivity contribution in [2.24, 2.45) is 0 Å². The van der Waals surface area contributed by atoms with Crippen molar-refractivity contribution in [3.8, 4) is 0 Å². The molecule has 1 aromatic heterocycles. The zero-order chi connectivity index (χ0) is 14.6. The van der Waals surface area contributed by atoms with E-state index >= 15 is 0 Å². The molecule has 0 aromatic carbocycles. The number of sulfone groups is 1. The van der Waals surface area contributed by atoms with Gasteiger partial charge in [-0.2, -0.15) is 0 Å². The number of ether oxygens (including phenoxy) is 1. The molecule has 7 heteroatoms. The Hall–Kier alpha value is -0.920. The summed E-state index contributed by atoms with van der Waals surface area (Å²) in [4.78, 5) is 12.6. The lowest BCUT2D eigenvalue weighted by Crippen LogP contribution is -2.40. The van der Waals surface area contributed by atoms with E-state index in [9.17, 15) is 13.2 Å². The monoisotopic (exact) mass is 317 g/mol. The molecule has 1 saturated heterocycles. The highest BCUT2D eigenvalue weighted by atomic mass is 32.2. The third-order valence-corrected chi connectivity index (χ3v) is 6.18. The predicted octanol–water partition coefficient (Wildman–Crippen LogP) is 1.52. The summed E-state index contributed by atoms with van der Waals surface area (Å²) in [5.74, 6) is 0.180. The topological polar surface area (TPSA) is 72.5 Å². The van der Waals surface area contributed by atoms with Gasteiger partial charge >= 0.3 is 5.97 Å². The van der Waals surface area contributed by atoms with E-state index in [1.807, 2.05) is 17.5 Å². The molecule has 0 aliphatic carbocycles. The molecule has 112 valence electrons. The highest BCUT2D eigenvalue weighted by Crippen LogP contribution is 2.25. The van der Waals surface area contributed by atoms with Gasteiger partial charge in [-0.3, -0.25) is 4.79 Å². The molecule has 1 aromatic rings. The number of nitrogens with one attached hydrogen (secondary N) is 1. The van der Waals surface area contributed by atoms with Crippen LogP contribution in [0.15, 0.2) is 17.5 Å². The molecule has 0 amide bonds. The quantitative estimate of drug-likeness (QED) is 0.834. The summed E-state index contributed by atoms with van der Waals surface area (Å²) in [5.41, 5.74) is 0. The highest BCUT2D eigenvalue weighted by Gasteiger charge is 2.27.